The second kappa shape index (κ2) is 13.7. The van der Waals surface area contributed by atoms with E-state index in [-0.39, 0.29) is 0 Å². The van der Waals surface area contributed by atoms with Crippen LogP contribution in [0.2, 0.25) is 0 Å². The highest BCUT2D eigenvalue weighted by molar-refractivity contribution is 5.73. The molecule has 3 N–H and O–H groups in total. The predicted molar refractivity (Wildman–Crippen MR) is 125 cm³/mol. The number of halogens is 6. The van der Waals surface area contributed by atoms with Crippen molar-refractivity contribution in [2.45, 2.75) is 57.0 Å². The van der Waals surface area contributed by atoms with Gasteiger partial charge in [0.25, 0.3) is 0 Å². The Bertz CT molecular complexity index is 1150. The van der Waals surface area contributed by atoms with Crippen LogP contribution in [0.15, 0.2) is 30.5 Å². The number of hydrogen-bond acceptors (Lipinski definition) is 7. The Hall–Kier alpha value is -3.93. The van der Waals surface area contributed by atoms with Crippen molar-refractivity contribution in [3.63, 3.8) is 0 Å². The smallest absolute Gasteiger partial charge is 0.475 e. The maximum Gasteiger partial charge on any atom is 0.490 e. The zero-order valence-corrected chi connectivity index (χ0v) is 20.4. The Labute approximate surface area is 219 Å². The van der Waals surface area contributed by atoms with Gasteiger partial charge in [0.05, 0.1) is 11.6 Å². The molecule has 9 nitrogen and oxygen atoms in total. The van der Waals surface area contributed by atoms with Gasteiger partial charge in [0.2, 0.25) is 5.95 Å². The molecule has 2 aromatic rings. The van der Waals surface area contributed by atoms with Gasteiger partial charge in [-0.3, -0.25) is 0 Å². The lowest BCUT2D eigenvalue weighted by atomic mass is 9.92. The van der Waals surface area contributed by atoms with Gasteiger partial charge in [-0.1, -0.05) is 12.1 Å². The Morgan fingerprint density at radius 2 is 1.67 bits per heavy atom. The van der Waals surface area contributed by atoms with Gasteiger partial charge in [0.15, 0.2) is 0 Å². The third kappa shape index (κ3) is 10.4. The van der Waals surface area contributed by atoms with Crippen LogP contribution in [-0.4, -0.2) is 63.6 Å². The Morgan fingerprint density at radius 1 is 1.08 bits per heavy atom. The van der Waals surface area contributed by atoms with E-state index >= 15 is 0 Å². The molecule has 0 amide bonds. The van der Waals surface area contributed by atoms with Gasteiger partial charge in [-0.15, -0.1) is 0 Å². The summed E-state index contributed by atoms with van der Waals surface area (Å²) < 4.78 is 63.5. The first kappa shape index (κ1) is 31.3. The predicted octanol–water partition coefficient (Wildman–Crippen LogP) is 3.86. The number of carbonyl (C=O) groups is 2. The summed E-state index contributed by atoms with van der Waals surface area (Å²) in [5.41, 5.74) is 4.38. The zero-order chi connectivity index (χ0) is 29.2. The van der Waals surface area contributed by atoms with Gasteiger partial charge in [-0.05, 0) is 55.4 Å². The van der Waals surface area contributed by atoms with E-state index in [1.807, 2.05) is 24.4 Å². The summed E-state index contributed by atoms with van der Waals surface area (Å²) in [7, 11) is 0. The van der Waals surface area contributed by atoms with E-state index in [0.29, 0.717) is 6.04 Å². The summed E-state index contributed by atoms with van der Waals surface area (Å²) in [6.45, 7) is 2.97. The fourth-order valence-corrected chi connectivity index (χ4v) is 3.75. The van der Waals surface area contributed by atoms with E-state index in [9.17, 15) is 26.3 Å². The third-order valence-electron chi connectivity index (χ3n) is 5.66. The zero-order valence-electron chi connectivity index (χ0n) is 20.4. The molecule has 2 aliphatic rings. The lowest BCUT2D eigenvalue weighted by Crippen LogP contribution is -2.35. The average molecular weight is 561 g/mol. The van der Waals surface area contributed by atoms with Gasteiger partial charge in [0, 0.05) is 37.6 Å². The van der Waals surface area contributed by atoms with Gasteiger partial charge in [0.1, 0.15) is 0 Å². The van der Waals surface area contributed by atoms with E-state index < -0.39 is 24.3 Å². The lowest BCUT2D eigenvalue weighted by Gasteiger charge is -2.26. The van der Waals surface area contributed by atoms with E-state index in [4.69, 9.17) is 30.0 Å². The van der Waals surface area contributed by atoms with Crippen molar-refractivity contribution in [1.82, 2.24) is 15.3 Å². The van der Waals surface area contributed by atoms with Crippen molar-refractivity contribution in [1.29, 1.82) is 5.26 Å². The molecule has 15 heteroatoms. The van der Waals surface area contributed by atoms with Crippen LogP contribution in [0.5, 0.6) is 0 Å². The topological polar surface area (TPSA) is 139 Å². The summed E-state index contributed by atoms with van der Waals surface area (Å²) in [6.07, 6.45) is -2.55. The highest BCUT2D eigenvalue weighted by atomic mass is 19.4. The number of aliphatic carboxylic acids is 2. The number of hydrogen-bond donors (Lipinski definition) is 3. The standard InChI is InChI=1S/C20H23N5.2C2HF3O2/c21-12-15-4-3-5-16(10-15)13-22-18-6-7-19-17(11-18)14-23-20(24-19)25-8-1-2-9-25;2*3-2(4,5)1(6)7/h3-5,10,14,18,22H,1-2,6-9,11,13H2;2*(H,6,7). The number of aryl methyl sites for hydroxylation is 1. The Balaban J connectivity index is 0.000000317. The quantitative estimate of drug-likeness (QED) is 0.475. The highest BCUT2D eigenvalue weighted by Gasteiger charge is 2.38. The molecule has 0 bridgehead atoms. The van der Waals surface area contributed by atoms with Gasteiger partial charge in [-0.25, -0.2) is 19.6 Å². The van der Waals surface area contributed by atoms with Crippen molar-refractivity contribution in [2.75, 3.05) is 18.0 Å². The van der Waals surface area contributed by atoms with Gasteiger partial charge < -0.3 is 20.4 Å². The number of benzene rings is 1. The van der Waals surface area contributed by atoms with Crippen LogP contribution in [0.25, 0.3) is 0 Å². The normalized spacial score (nSPS) is 16.5. The summed E-state index contributed by atoms with van der Waals surface area (Å²) in [5, 5.41) is 26.9. The molecule has 1 aliphatic carbocycles. The minimum absolute atomic E-state index is 0.444. The largest absolute Gasteiger partial charge is 0.490 e. The van der Waals surface area contributed by atoms with Gasteiger partial charge in [-0.2, -0.15) is 31.6 Å². The molecular formula is C24H25F6N5O4. The number of alkyl halides is 6. The van der Waals surface area contributed by atoms with Crippen LogP contribution < -0.4 is 10.2 Å². The van der Waals surface area contributed by atoms with Crippen molar-refractivity contribution >= 4 is 17.9 Å². The molecule has 0 saturated carbocycles. The molecule has 4 rings (SSSR count). The number of carboxylic acid groups (broad SMARTS) is 2. The maximum absolute atomic E-state index is 10.6. The fraction of sp³-hybridized carbons (Fsp3) is 0.458. The van der Waals surface area contributed by atoms with E-state index in [2.05, 4.69) is 27.3 Å². The molecule has 212 valence electrons. The van der Waals surface area contributed by atoms with Crippen molar-refractivity contribution < 1.29 is 46.1 Å². The molecular weight excluding hydrogens is 536 g/mol. The van der Waals surface area contributed by atoms with Crippen molar-refractivity contribution in [3.8, 4) is 6.07 Å². The van der Waals surface area contributed by atoms with Crippen LogP contribution in [0.1, 0.15) is 41.6 Å². The highest BCUT2D eigenvalue weighted by Crippen LogP contribution is 2.23. The molecule has 0 spiro atoms. The van der Waals surface area contributed by atoms with Crippen LogP contribution in [0.4, 0.5) is 32.3 Å². The second-order valence-electron chi connectivity index (χ2n) is 8.57. The number of nitrogens with one attached hydrogen (secondary N) is 1. The number of aromatic nitrogens is 2. The molecule has 1 aromatic heterocycles. The number of nitrogens with zero attached hydrogens (tertiary/aromatic N) is 4. The summed E-state index contributed by atoms with van der Waals surface area (Å²) >= 11 is 0. The van der Waals surface area contributed by atoms with Gasteiger partial charge >= 0.3 is 24.3 Å². The number of nitriles is 1. The van der Waals surface area contributed by atoms with E-state index in [1.165, 1.54) is 24.1 Å². The first-order chi connectivity index (χ1) is 18.2. The molecule has 1 atom stereocenters. The molecule has 0 radical (unpaired) electrons. The summed E-state index contributed by atoms with van der Waals surface area (Å²) in [5.74, 6) is -4.60. The number of fused-ring (bicyclic) bond motifs is 1. The molecule has 1 fully saturated rings. The second-order valence-corrected chi connectivity index (χ2v) is 8.57. The fourth-order valence-electron chi connectivity index (χ4n) is 3.75. The first-order valence-corrected chi connectivity index (χ1v) is 11.6. The van der Waals surface area contributed by atoms with Crippen LogP contribution >= 0.6 is 0 Å². The number of anilines is 1. The van der Waals surface area contributed by atoms with Crippen LogP contribution in [-0.2, 0) is 29.0 Å². The monoisotopic (exact) mass is 561 g/mol. The van der Waals surface area contributed by atoms with Crippen molar-refractivity contribution in [2.24, 2.45) is 0 Å². The molecule has 1 saturated heterocycles. The van der Waals surface area contributed by atoms with E-state index in [1.54, 1.807) is 0 Å². The minimum Gasteiger partial charge on any atom is -0.475 e. The third-order valence-corrected chi connectivity index (χ3v) is 5.66. The van der Waals surface area contributed by atoms with E-state index in [0.717, 1.165) is 56.0 Å². The summed E-state index contributed by atoms with van der Waals surface area (Å²) in [4.78, 5) is 29.5. The number of rotatable bonds is 4. The minimum atomic E-state index is -5.08. The molecule has 1 aromatic carbocycles. The molecule has 1 unspecified atom stereocenters. The Morgan fingerprint density at radius 3 is 2.21 bits per heavy atom. The van der Waals surface area contributed by atoms with Crippen LogP contribution in [0.3, 0.4) is 0 Å². The van der Waals surface area contributed by atoms with Crippen molar-refractivity contribution in [3.05, 3.63) is 52.8 Å². The SMILES string of the molecule is N#Cc1cccc(CNC2CCc3nc(N4CCCC4)ncc3C2)c1.O=C(O)C(F)(F)F.O=C(O)C(F)(F)F. The molecule has 39 heavy (non-hydrogen) atoms. The molecule has 2 heterocycles. The number of carboxylic acids is 2. The maximum atomic E-state index is 10.6. The molecule has 1 aliphatic heterocycles. The first-order valence-electron chi connectivity index (χ1n) is 11.6. The average Bonchev–Trinajstić information content (AvgIpc) is 3.42. The van der Waals surface area contributed by atoms with Crippen LogP contribution in [0, 0.1) is 11.3 Å². The Kier molecular flexibility index (Phi) is 11.0. The lowest BCUT2D eigenvalue weighted by molar-refractivity contribution is -0.193. The summed E-state index contributed by atoms with van der Waals surface area (Å²) in [6, 6.07) is 10.4.